The fourth-order valence-electron chi connectivity index (χ4n) is 3.04. The monoisotopic (exact) mass is 454 g/mol. The normalized spacial score (nSPS) is 11.2. The van der Waals surface area contributed by atoms with Gasteiger partial charge < -0.3 is 11.1 Å². The largest absolute Gasteiger partial charge is 0.434 e. The maximum atomic E-state index is 13.9. The third-order valence-corrected chi connectivity index (χ3v) is 4.33. The minimum absolute atomic E-state index is 0.00138. The van der Waals surface area contributed by atoms with Gasteiger partial charge in [0.25, 0.3) is 5.91 Å². The Balaban J connectivity index is 1.71. The highest BCUT2D eigenvalue weighted by Gasteiger charge is 2.41. The van der Waals surface area contributed by atoms with E-state index in [9.17, 15) is 23.2 Å². The van der Waals surface area contributed by atoms with Crippen molar-refractivity contribution in [1.29, 1.82) is 5.26 Å². The Morgan fingerprint density at radius 1 is 1.15 bits per heavy atom. The molecular formula is C19H13F3N10O. The molecule has 0 aliphatic heterocycles. The van der Waals surface area contributed by atoms with Crippen molar-refractivity contribution in [3.05, 3.63) is 65.4 Å². The summed E-state index contributed by atoms with van der Waals surface area (Å²) in [5.74, 6) is -1.21. The summed E-state index contributed by atoms with van der Waals surface area (Å²) in [4.78, 5) is 21.7. The number of nitrogen functional groups attached to an aromatic ring is 1. The Hall–Kier alpha value is -4.80. The van der Waals surface area contributed by atoms with E-state index in [-0.39, 0.29) is 28.7 Å². The Morgan fingerprint density at radius 2 is 1.88 bits per heavy atom. The second-order valence-corrected chi connectivity index (χ2v) is 6.72. The smallest absolute Gasteiger partial charge is 0.384 e. The molecule has 0 saturated carbocycles. The van der Waals surface area contributed by atoms with Crippen LogP contribution in [0, 0.1) is 18.3 Å². The molecular weight excluding hydrogens is 441 g/mol. The highest BCUT2D eigenvalue weighted by molar-refractivity contribution is 6.05. The molecule has 4 rings (SSSR count). The van der Waals surface area contributed by atoms with Crippen LogP contribution in [0.2, 0.25) is 0 Å². The van der Waals surface area contributed by atoms with Crippen molar-refractivity contribution in [2.45, 2.75) is 13.1 Å². The van der Waals surface area contributed by atoms with E-state index in [0.29, 0.717) is 10.2 Å². The molecule has 0 atom stereocenters. The van der Waals surface area contributed by atoms with Gasteiger partial charge in [-0.15, -0.1) is 4.80 Å². The van der Waals surface area contributed by atoms with Crippen molar-refractivity contribution in [2.75, 3.05) is 11.1 Å². The Bertz CT molecular complexity index is 1370. The predicted octanol–water partition coefficient (Wildman–Crippen LogP) is 2.28. The number of aromatic nitrogens is 7. The van der Waals surface area contributed by atoms with Gasteiger partial charge in [0.05, 0.1) is 36.0 Å². The molecule has 1 amide bonds. The molecule has 0 spiro atoms. The molecule has 11 nitrogen and oxygen atoms in total. The van der Waals surface area contributed by atoms with Crippen LogP contribution in [0.5, 0.6) is 0 Å². The summed E-state index contributed by atoms with van der Waals surface area (Å²) in [6, 6.07) is 5.95. The van der Waals surface area contributed by atoms with Crippen molar-refractivity contribution in [3.8, 4) is 17.7 Å². The number of anilines is 2. The van der Waals surface area contributed by atoms with E-state index in [0.717, 1.165) is 17.2 Å². The van der Waals surface area contributed by atoms with E-state index < -0.39 is 23.3 Å². The number of nitrogens with two attached hydrogens (primary N) is 1. The lowest BCUT2D eigenvalue weighted by atomic mass is 10.2. The zero-order chi connectivity index (χ0) is 23.8. The molecule has 0 aliphatic rings. The molecule has 0 radical (unpaired) electrons. The number of rotatable bonds is 4. The summed E-state index contributed by atoms with van der Waals surface area (Å²) in [5, 5.41) is 23.1. The molecule has 4 aromatic heterocycles. The lowest BCUT2D eigenvalue weighted by molar-refractivity contribution is -0.143. The fourth-order valence-corrected chi connectivity index (χ4v) is 3.04. The van der Waals surface area contributed by atoms with E-state index in [1.165, 1.54) is 30.6 Å². The summed E-state index contributed by atoms with van der Waals surface area (Å²) in [6.45, 7) is 1.63. The number of nitrogens with zero attached hydrogens (tertiary/aromatic N) is 8. The minimum Gasteiger partial charge on any atom is -0.384 e. The predicted molar refractivity (Wildman–Crippen MR) is 107 cm³/mol. The summed E-state index contributed by atoms with van der Waals surface area (Å²) in [6.07, 6.45) is -0.233. The summed E-state index contributed by atoms with van der Waals surface area (Å²) >= 11 is 0. The van der Waals surface area contributed by atoms with E-state index >= 15 is 0 Å². The van der Waals surface area contributed by atoms with E-state index in [4.69, 9.17) is 5.73 Å². The van der Waals surface area contributed by atoms with Gasteiger partial charge in [-0.05, 0) is 30.7 Å². The molecule has 0 fully saturated rings. The van der Waals surface area contributed by atoms with E-state index in [2.05, 4.69) is 30.6 Å². The van der Waals surface area contributed by atoms with Gasteiger partial charge >= 0.3 is 6.18 Å². The number of pyridine rings is 2. The van der Waals surface area contributed by atoms with Crippen molar-refractivity contribution in [3.63, 3.8) is 0 Å². The summed E-state index contributed by atoms with van der Waals surface area (Å²) in [5.41, 5.74) is 4.11. The average molecular weight is 454 g/mol. The number of nitrogens with one attached hydrogen (secondary N) is 1. The molecule has 33 heavy (non-hydrogen) atoms. The first-order chi connectivity index (χ1) is 15.7. The topological polar surface area (TPSA) is 153 Å². The van der Waals surface area contributed by atoms with E-state index in [1.807, 2.05) is 6.07 Å². The van der Waals surface area contributed by atoms with Crippen LogP contribution in [0.15, 0.2) is 43.0 Å². The molecule has 166 valence electrons. The number of carbonyl (C=O) groups excluding carboxylic acids is 1. The van der Waals surface area contributed by atoms with E-state index in [1.54, 1.807) is 6.92 Å². The van der Waals surface area contributed by atoms with Gasteiger partial charge in [0, 0.05) is 0 Å². The third-order valence-electron chi connectivity index (χ3n) is 4.33. The highest BCUT2D eigenvalue weighted by atomic mass is 19.4. The molecule has 4 aromatic rings. The van der Waals surface area contributed by atoms with Gasteiger partial charge in [0.15, 0.2) is 17.3 Å². The van der Waals surface area contributed by atoms with Crippen molar-refractivity contribution in [1.82, 2.24) is 34.7 Å². The number of alkyl halides is 3. The van der Waals surface area contributed by atoms with Crippen LogP contribution in [0.3, 0.4) is 0 Å². The molecule has 3 N–H and O–H groups in total. The Morgan fingerprint density at radius 3 is 2.52 bits per heavy atom. The van der Waals surface area contributed by atoms with Crippen LogP contribution >= 0.6 is 0 Å². The molecule has 14 heteroatoms. The number of halogens is 3. The number of hydrogen-bond acceptors (Lipinski definition) is 8. The van der Waals surface area contributed by atoms with Crippen LogP contribution < -0.4 is 11.1 Å². The van der Waals surface area contributed by atoms with Gasteiger partial charge in [-0.2, -0.15) is 33.7 Å². The molecule has 0 unspecified atom stereocenters. The van der Waals surface area contributed by atoms with Crippen molar-refractivity contribution < 1.29 is 18.0 Å². The minimum atomic E-state index is -4.94. The van der Waals surface area contributed by atoms with Crippen LogP contribution in [0.4, 0.5) is 24.7 Å². The van der Waals surface area contributed by atoms with Gasteiger partial charge in [0.2, 0.25) is 0 Å². The van der Waals surface area contributed by atoms with Crippen molar-refractivity contribution in [2.24, 2.45) is 0 Å². The summed E-state index contributed by atoms with van der Waals surface area (Å²) in [7, 11) is 0. The molecule has 0 aromatic carbocycles. The molecule has 0 saturated heterocycles. The van der Waals surface area contributed by atoms with Gasteiger partial charge in [-0.3, -0.25) is 4.79 Å². The van der Waals surface area contributed by atoms with Gasteiger partial charge in [0.1, 0.15) is 17.5 Å². The van der Waals surface area contributed by atoms with Crippen LogP contribution in [0.1, 0.15) is 27.2 Å². The zero-order valence-corrected chi connectivity index (χ0v) is 16.7. The first-order valence-electron chi connectivity index (χ1n) is 9.15. The number of amides is 1. The fraction of sp³-hybridized carbons (Fsp3) is 0.105. The Labute approximate surface area is 183 Å². The molecule has 0 bridgehead atoms. The quantitative estimate of drug-likeness (QED) is 0.476. The zero-order valence-electron chi connectivity index (χ0n) is 16.7. The number of aryl methyl sites for hydroxylation is 1. The van der Waals surface area contributed by atoms with Crippen LogP contribution in [-0.4, -0.2) is 40.6 Å². The van der Waals surface area contributed by atoms with Crippen LogP contribution in [-0.2, 0) is 6.18 Å². The second-order valence-electron chi connectivity index (χ2n) is 6.72. The average Bonchev–Trinajstić information content (AvgIpc) is 3.43. The lowest BCUT2D eigenvalue weighted by Gasteiger charge is -2.13. The number of carbonyl (C=O) groups is 1. The number of nitriles is 1. The first kappa shape index (κ1) is 21.4. The van der Waals surface area contributed by atoms with Crippen molar-refractivity contribution >= 4 is 17.4 Å². The van der Waals surface area contributed by atoms with Crippen LogP contribution in [0.25, 0.3) is 11.6 Å². The molecule has 4 heterocycles. The third kappa shape index (κ3) is 4.19. The lowest BCUT2D eigenvalue weighted by Crippen LogP contribution is -2.21. The maximum Gasteiger partial charge on any atom is 0.434 e. The van der Waals surface area contributed by atoms with Gasteiger partial charge in [-0.1, -0.05) is 0 Å². The van der Waals surface area contributed by atoms with Gasteiger partial charge in [-0.25, -0.2) is 14.6 Å². The second kappa shape index (κ2) is 8.04. The highest BCUT2D eigenvalue weighted by Crippen LogP contribution is 2.34. The maximum absolute atomic E-state index is 13.9. The SMILES string of the molecule is Cc1cc(N)nc(-n2ncc(C(=O)Nc3cnc(-n4nccn4)c(C#N)c3)c2C(F)(F)F)c1. The first-order valence-corrected chi connectivity index (χ1v) is 9.15. The standard InChI is InChI=1S/C19H13F3N10O/c1-10-4-14(24)30-15(5-10)31-16(19(20,21)22)13(9-28-31)18(33)29-12-6-11(7-23)17(25-8-12)32-26-2-3-27-32/h2-6,8-9H,1H3,(H2,24,30)(H,29,33). The molecule has 0 aliphatic carbocycles. The Kier molecular flexibility index (Phi) is 5.22. The number of hydrogen-bond donors (Lipinski definition) is 2. The summed E-state index contributed by atoms with van der Waals surface area (Å²) < 4.78 is 42.2.